The van der Waals surface area contributed by atoms with Crippen LogP contribution < -0.4 is 10.2 Å². The van der Waals surface area contributed by atoms with Crippen LogP contribution in [0.4, 0.5) is 5.82 Å². The van der Waals surface area contributed by atoms with Crippen molar-refractivity contribution >= 4 is 11.7 Å². The molecule has 1 unspecified atom stereocenters. The Kier molecular flexibility index (Phi) is 5.84. The molecule has 1 aliphatic heterocycles. The Balaban J connectivity index is 1.47. The van der Waals surface area contributed by atoms with Crippen molar-refractivity contribution in [1.82, 2.24) is 20.3 Å². The lowest BCUT2D eigenvalue weighted by molar-refractivity contribution is 0.0918. The van der Waals surface area contributed by atoms with E-state index in [0.717, 1.165) is 55.3 Å². The van der Waals surface area contributed by atoms with Gasteiger partial charge in [-0.05, 0) is 49.4 Å². The summed E-state index contributed by atoms with van der Waals surface area (Å²) >= 11 is 0. The number of carbonyl (C=O) groups is 1. The summed E-state index contributed by atoms with van der Waals surface area (Å²) in [6.07, 6.45) is 8.03. The quantitative estimate of drug-likeness (QED) is 0.694. The van der Waals surface area contributed by atoms with Crippen molar-refractivity contribution in [3.05, 3.63) is 60.4 Å². The number of nitrogens with zero attached hydrogens (tertiary/aromatic N) is 4. The van der Waals surface area contributed by atoms with E-state index in [9.17, 15) is 4.79 Å². The van der Waals surface area contributed by atoms with Gasteiger partial charge in [0.1, 0.15) is 5.82 Å². The fourth-order valence-electron chi connectivity index (χ4n) is 3.63. The topological polar surface area (TPSA) is 84.2 Å². The molecule has 1 saturated heterocycles. The third-order valence-electron chi connectivity index (χ3n) is 5.21. The van der Waals surface area contributed by atoms with E-state index in [1.807, 2.05) is 12.1 Å². The van der Waals surface area contributed by atoms with Gasteiger partial charge in [0, 0.05) is 49.4 Å². The molecule has 1 amide bonds. The summed E-state index contributed by atoms with van der Waals surface area (Å²) in [4.78, 5) is 28.0. The van der Waals surface area contributed by atoms with Crippen LogP contribution in [0, 0.1) is 5.92 Å². The molecule has 1 aliphatic rings. The Morgan fingerprint density at radius 2 is 2.14 bits per heavy atom. The molecule has 0 aromatic carbocycles. The summed E-state index contributed by atoms with van der Waals surface area (Å²) < 4.78 is 5.16. The maximum atomic E-state index is 12.1. The van der Waals surface area contributed by atoms with Crippen LogP contribution in [-0.2, 0) is 6.42 Å². The standard InChI is InChI=1S/C22H25N5O2/c1-2-18-13-20(26-21(25-18)17-7-9-23-10-8-17)27-11-3-5-16(15-27)14-24-22(28)19-6-4-12-29-19/h4,6-10,12-13,16H,2-3,5,11,14-15H2,1H3,(H,24,28). The van der Waals surface area contributed by atoms with Crippen LogP contribution >= 0.6 is 0 Å². The van der Waals surface area contributed by atoms with Gasteiger partial charge in [0.05, 0.1) is 6.26 Å². The number of anilines is 1. The Hall–Kier alpha value is -3.22. The first-order valence-electron chi connectivity index (χ1n) is 10.1. The summed E-state index contributed by atoms with van der Waals surface area (Å²) in [6, 6.07) is 9.34. The van der Waals surface area contributed by atoms with Crippen LogP contribution in [0.25, 0.3) is 11.4 Å². The number of nitrogens with one attached hydrogen (secondary N) is 1. The smallest absolute Gasteiger partial charge is 0.286 e. The first-order chi connectivity index (χ1) is 14.2. The lowest BCUT2D eigenvalue weighted by atomic mass is 9.98. The van der Waals surface area contributed by atoms with Crippen LogP contribution in [0.2, 0.25) is 0 Å². The van der Waals surface area contributed by atoms with Crippen molar-refractivity contribution in [2.45, 2.75) is 26.2 Å². The van der Waals surface area contributed by atoms with Crippen LogP contribution in [-0.4, -0.2) is 40.5 Å². The molecule has 150 valence electrons. The number of aryl methyl sites for hydroxylation is 1. The molecule has 1 atom stereocenters. The molecule has 3 aromatic rings. The molecule has 0 bridgehead atoms. The zero-order valence-corrected chi connectivity index (χ0v) is 16.5. The molecule has 1 N–H and O–H groups in total. The van der Waals surface area contributed by atoms with E-state index in [4.69, 9.17) is 14.4 Å². The highest BCUT2D eigenvalue weighted by atomic mass is 16.3. The van der Waals surface area contributed by atoms with Crippen molar-refractivity contribution in [1.29, 1.82) is 0 Å². The number of aromatic nitrogens is 3. The van der Waals surface area contributed by atoms with E-state index in [1.165, 1.54) is 6.26 Å². The fourth-order valence-corrected chi connectivity index (χ4v) is 3.63. The molecule has 3 aromatic heterocycles. The van der Waals surface area contributed by atoms with Crippen LogP contribution in [0.3, 0.4) is 0 Å². The van der Waals surface area contributed by atoms with E-state index >= 15 is 0 Å². The molecule has 0 aliphatic carbocycles. The largest absolute Gasteiger partial charge is 0.459 e. The molecule has 0 radical (unpaired) electrons. The van der Waals surface area contributed by atoms with Gasteiger partial charge in [-0.15, -0.1) is 0 Å². The van der Waals surface area contributed by atoms with Gasteiger partial charge < -0.3 is 14.6 Å². The van der Waals surface area contributed by atoms with Gasteiger partial charge in [0.2, 0.25) is 0 Å². The number of hydrogen-bond acceptors (Lipinski definition) is 6. The Labute approximate surface area is 170 Å². The minimum Gasteiger partial charge on any atom is -0.459 e. The lowest BCUT2D eigenvalue weighted by Crippen LogP contribution is -2.41. The predicted octanol–water partition coefficient (Wildman–Crippen LogP) is 3.34. The Morgan fingerprint density at radius 1 is 1.28 bits per heavy atom. The number of piperidine rings is 1. The zero-order chi connectivity index (χ0) is 20.1. The Bertz CT molecular complexity index is 943. The van der Waals surface area contributed by atoms with Crippen molar-refractivity contribution in [2.75, 3.05) is 24.5 Å². The minimum absolute atomic E-state index is 0.164. The summed E-state index contributed by atoms with van der Waals surface area (Å²) in [5.41, 5.74) is 1.99. The van der Waals surface area contributed by atoms with Crippen molar-refractivity contribution in [3.63, 3.8) is 0 Å². The molecule has 29 heavy (non-hydrogen) atoms. The van der Waals surface area contributed by atoms with E-state index < -0.39 is 0 Å². The number of rotatable bonds is 6. The number of furan rings is 1. The van der Waals surface area contributed by atoms with Crippen LogP contribution in [0.15, 0.2) is 53.4 Å². The monoisotopic (exact) mass is 391 g/mol. The van der Waals surface area contributed by atoms with E-state index in [2.05, 4.69) is 28.2 Å². The molecule has 7 heteroatoms. The van der Waals surface area contributed by atoms with Gasteiger partial charge in [-0.2, -0.15) is 0 Å². The molecule has 0 spiro atoms. The molecule has 4 heterocycles. The fraction of sp³-hybridized carbons (Fsp3) is 0.364. The third kappa shape index (κ3) is 4.62. The summed E-state index contributed by atoms with van der Waals surface area (Å²) in [5.74, 6) is 2.23. The minimum atomic E-state index is -0.164. The second kappa shape index (κ2) is 8.86. The highest BCUT2D eigenvalue weighted by Gasteiger charge is 2.23. The molecule has 4 rings (SSSR count). The Morgan fingerprint density at radius 3 is 2.90 bits per heavy atom. The van der Waals surface area contributed by atoms with E-state index in [-0.39, 0.29) is 5.91 Å². The molecular formula is C22H25N5O2. The maximum absolute atomic E-state index is 12.1. The normalized spacial score (nSPS) is 16.6. The van der Waals surface area contributed by atoms with Crippen molar-refractivity contribution < 1.29 is 9.21 Å². The summed E-state index contributed by atoms with van der Waals surface area (Å²) in [5, 5.41) is 2.99. The maximum Gasteiger partial charge on any atom is 0.286 e. The first-order valence-corrected chi connectivity index (χ1v) is 10.1. The van der Waals surface area contributed by atoms with Crippen LogP contribution in [0.1, 0.15) is 36.0 Å². The zero-order valence-electron chi connectivity index (χ0n) is 16.5. The molecule has 1 fully saturated rings. The third-order valence-corrected chi connectivity index (χ3v) is 5.21. The van der Waals surface area contributed by atoms with Gasteiger partial charge in [0.15, 0.2) is 11.6 Å². The van der Waals surface area contributed by atoms with Gasteiger partial charge in [-0.1, -0.05) is 6.92 Å². The molecule has 7 nitrogen and oxygen atoms in total. The van der Waals surface area contributed by atoms with Gasteiger partial charge in [-0.3, -0.25) is 9.78 Å². The first kappa shape index (κ1) is 19.1. The predicted molar refractivity (Wildman–Crippen MR) is 111 cm³/mol. The second-order valence-electron chi connectivity index (χ2n) is 7.27. The number of amides is 1. The highest BCUT2D eigenvalue weighted by molar-refractivity contribution is 5.91. The lowest BCUT2D eigenvalue weighted by Gasteiger charge is -2.34. The number of hydrogen-bond donors (Lipinski definition) is 1. The highest BCUT2D eigenvalue weighted by Crippen LogP contribution is 2.25. The van der Waals surface area contributed by atoms with Gasteiger partial charge in [-0.25, -0.2) is 9.97 Å². The molecule has 0 saturated carbocycles. The summed E-state index contributed by atoms with van der Waals surface area (Å²) in [7, 11) is 0. The van der Waals surface area contributed by atoms with Crippen molar-refractivity contribution in [3.8, 4) is 11.4 Å². The van der Waals surface area contributed by atoms with E-state index in [0.29, 0.717) is 18.2 Å². The average molecular weight is 391 g/mol. The van der Waals surface area contributed by atoms with Crippen molar-refractivity contribution in [2.24, 2.45) is 5.92 Å². The van der Waals surface area contributed by atoms with Crippen LogP contribution in [0.5, 0.6) is 0 Å². The molecular weight excluding hydrogens is 366 g/mol. The summed E-state index contributed by atoms with van der Waals surface area (Å²) in [6.45, 7) is 4.54. The number of pyridine rings is 1. The average Bonchev–Trinajstić information content (AvgIpc) is 3.33. The SMILES string of the molecule is CCc1cc(N2CCCC(CNC(=O)c3ccco3)C2)nc(-c2ccncc2)n1. The van der Waals surface area contributed by atoms with E-state index in [1.54, 1.807) is 24.5 Å². The second-order valence-corrected chi connectivity index (χ2v) is 7.27. The number of carbonyl (C=O) groups excluding carboxylic acids is 1. The van der Waals surface area contributed by atoms with Gasteiger partial charge in [0.25, 0.3) is 5.91 Å². The van der Waals surface area contributed by atoms with Gasteiger partial charge >= 0.3 is 0 Å².